The predicted molar refractivity (Wildman–Crippen MR) is 120 cm³/mol. The van der Waals surface area contributed by atoms with Crippen LogP contribution in [0.3, 0.4) is 0 Å². The minimum absolute atomic E-state index is 0.104. The van der Waals surface area contributed by atoms with Crippen LogP contribution >= 0.6 is 26.6 Å². The zero-order chi connectivity index (χ0) is 22.2. The topological polar surface area (TPSA) is 103 Å². The molecule has 3 rings (SSSR count). The van der Waals surface area contributed by atoms with E-state index in [0.29, 0.717) is 46.6 Å². The van der Waals surface area contributed by atoms with Crippen molar-refractivity contribution in [1.82, 2.24) is 14.1 Å². The Labute approximate surface area is 186 Å². The van der Waals surface area contributed by atoms with Gasteiger partial charge >= 0.3 is 5.69 Å². The third-order valence-electron chi connectivity index (χ3n) is 4.63. The van der Waals surface area contributed by atoms with Crippen molar-refractivity contribution >= 4 is 46.7 Å². The summed E-state index contributed by atoms with van der Waals surface area (Å²) in [7, 11) is 2.97. The molecule has 0 saturated heterocycles. The minimum Gasteiger partial charge on any atom is -0.493 e. The lowest BCUT2D eigenvalue weighted by Crippen LogP contribution is -2.38. The zero-order valence-electron chi connectivity index (χ0n) is 16.7. The molecule has 0 saturated carbocycles. The third-order valence-corrected chi connectivity index (χ3v) is 6.75. The number of halogens is 2. The Hall–Kier alpha value is -2.04. The highest BCUT2D eigenvalue weighted by atomic mass is 79.9. The molecule has 3 aromatic rings. The van der Waals surface area contributed by atoms with Gasteiger partial charge < -0.3 is 9.72 Å². The van der Waals surface area contributed by atoms with Crippen molar-refractivity contribution in [1.29, 1.82) is 0 Å². The Morgan fingerprint density at radius 1 is 1.20 bits per heavy atom. The molecule has 11 heteroatoms. The van der Waals surface area contributed by atoms with Crippen molar-refractivity contribution in [2.75, 3.05) is 6.61 Å². The van der Waals surface area contributed by atoms with Crippen LogP contribution in [0.2, 0.25) is 0 Å². The van der Waals surface area contributed by atoms with Gasteiger partial charge in [-0.3, -0.25) is 13.9 Å². The molecule has 0 bridgehead atoms. The highest BCUT2D eigenvalue weighted by molar-refractivity contribution is 9.10. The second-order valence-electron chi connectivity index (χ2n) is 6.78. The monoisotopic (exact) mass is 517 g/mol. The molecule has 0 aliphatic rings. The van der Waals surface area contributed by atoms with E-state index in [9.17, 15) is 18.0 Å². The number of fused-ring (bicyclic) bond motifs is 1. The number of hydrogen-bond donors (Lipinski definition) is 1. The second-order valence-corrected chi connectivity index (χ2v) is 10.1. The van der Waals surface area contributed by atoms with Gasteiger partial charge in [-0.25, -0.2) is 13.2 Å². The summed E-state index contributed by atoms with van der Waals surface area (Å²) in [6.07, 6.45) is 1.43. The van der Waals surface area contributed by atoms with Crippen molar-refractivity contribution < 1.29 is 13.2 Å². The van der Waals surface area contributed by atoms with Crippen LogP contribution in [0, 0.1) is 0 Å². The lowest BCUT2D eigenvalue weighted by molar-refractivity contribution is 0.318. The number of rotatable bonds is 7. The van der Waals surface area contributed by atoms with E-state index in [1.807, 2.05) is 13.8 Å². The van der Waals surface area contributed by atoms with E-state index in [0.717, 1.165) is 11.0 Å². The SMILES string of the molecule is CCCOc1ccc(S(=O)(=O)Cl)cc1-c1[nH]c2c(=O)n(C)c(=O)n(CCC)c2c1Br. The minimum atomic E-state index is -3.99. The predicted octanol–water partition coefficient (Wildman–Crippen LogP) is 3.58. The number of nitrogens with one attached hydrogen (secondary N) is 1. The number of benzene rings is 1. The van der Waals surface area contributed by atoms with Crippen LogP contribution in [0.4, 0.5) is 0 Å². The molecule has 162 valence electrons. The summed E-state index contributed by atoms with van der Waals surface area (Å²) in [6.45, 7) is 4.70. The van der Waals surface area contributed by atoms with Gasteiger partial charge in [-0.2, -0.15) is 0 Å². The fourth-order valence-corrected chi connectivity index (χ4v) is 4.72. The molecule has 2 aromatic heterocycles. The molecule has 0 unspecified atom stereocenters. The lowest BCUT2D eigenvalue weighted by atomic mass is 10.1. The largest absolute Gasteiger partial charge is 0.493 e. The maximum absolute atomic E-state index is 12.7. The molecule has 0 aliphatic heterocycles. The fourth-order valence-electron chi connectivity index (χ4n) is 3.22. The van der Waals surface area contributed by atoms with E-state index in [4.69, 9.17) is 15.4 Å². The van der Waals surface area contributed by atoms with Gasteiger partial charge in [0.05, 0.1) is 27.2 Å². The summed E-state index contributed by atoms with van der Waals surface area (Å²) in [5, 5.41) is 0. The zero-order valence-corrected chi connectivity index (χ0v) is 19.8. The summed E-state index contributed by atoms with van der Waals surface area (Å²) in [5.74, 6) is 0.425. The van der Waals surface area contributed by atoms with Crippen molar-refractivity contribution in [2.45, 2.75) is 38.1 Å². The van der Waals surface area contributed by atoms with E-state index < -0.39 is 20.3 Å². The maximum Gasteiger partial charge on any atom is 0.331 e. The van der Waals surface area contributed by atoms with Crippen molar-refractivity contribution in [3.63, 3.8) is 0 Å². The number of hydrogen-bond acceptors (Lipinski definition) is 5. The maximum atomic E-state index is 12.7. The molecule has 0 spiro atoms. The van der Waals surface area contributed by atoms with Crippen LogP contribution in [-0.2, 0) is 22.6 Å². The molecule has 0 amide bonds. The summed E-state index contributed by atoms with van der Waals surface area (Å²) in [5.41, 5.74) is 0.566. The third kappa shape index (κ3) is 3.95. The molecule has 8 nitrogen and oxygen atoms in total. The quantitative estimate of drug-likeness (QED) is 0.482. The van der Waals surface area contributed by atoms with E-state index in [2.05, 4.69) is 20.9 Å². The van der Waals surface area contributed by atoms with E-state index in [1.165, 1.54) is 29.8 Å². The first-order valence-electron chi connectivity index (χ1n) is 9.34. The van der Waals surface area contributed by atoms with Crippen molar-refractivity contribution in [2.24, 2.45) is 7.05 Å². The average molecular weight is 519 g/mol. The van der Waals surface area contributed by atoms with Crippen LogP contribution in [0.15, 0.2) is 37.2 Å². The van der Waals surface area contributed by atoms with Gasteiger partial charge in [-0.1, -0.05) is 13.8 Å². The number of aryl methyl sites for hydroxylation is 1. The number of H-pyrrole nitrogens is 1. The number of nitrogens with zero attached hydrogens (tertiary/aromatic N) is 2. The van der Waals surface area contributed by atoms with Gasteiger partial charge in [0.25, 0.3) is 14.6 Å². The van der Waals surface area contributed by atoms with Gasteiger partial charge in [-0.15, -0.1) is 0 Å². The molecule has 2 heterocycles. The van der Waals surface area contributed by atoms with E-state index in [1.54, 1.807) is 0 Å². The van der Waals surface area contributed by atoms with Gasteiger partial charge in [0.1, 0.15) is 11.3 Å². The van der Waals surface area contributed by atoms with E-state index >= 15 is 0 Å². The van der Waals surface area contributed by atoms with Crippen LogP contribution in [0.5, 0.6) is 5.75 Å². The van der Waals surface area contributed by atoms with Gasteiger partial charge in [-0.05, 0) is 47.0 Å². The average Bonchev–Trinajstić information content (AvgIpc) is 3.04. The molecule has 30 heavy (non-hydrogen) atoms. The Morgan fingerprint density at radius 3 is 2.50 bits per heavy atom. The molecule has 1 N–H and O–H groups in total. The fraction of sp³-hybridized carbons (Fsp3) is 0.368. The number of ether oxygens (including phenoxy) is 1. The first kappa shape index (κ1) is 22.6. The summed E-state index contributed by atoms with van der Waals surface area (Å²) < 4.78 is 32.6. The molecular formula is C19H21BrClN3O5S. The Morgan fingerprint density at radius 2 is 1.90 bits per heavy atom. The molecule has 0 atom stereocenters. The molecular weight excluding hydrogens is 498 g/mol. The first-order valence-corrected chi connectivity index (χ1v) is 12.4. The van der Waals surface area contributed by atoms with Crippen molar-refractivity contribution in [3.05, 3.63) is 43.5 Å². The van der Waals surface area contributed by atoms with Crippen LogP contribution < -0.4 is 16.0 Å². The smallest absolute Gasteiger partial charge is 0.331 e. The molecule has 1 aromatic carbocycles. The van der Waals surface area contributed by atoms with Crippen LogP contribution in [-0.4, -0.2) is 29.1 Å². The summed E-state index contributed by atoms with van der Waals surface area (Å²) >= 11 is 3.50. The number of aromatic nitrogens is 3. The van der Waals surface area contributed by atoms with Crippen LogP contribution in [0.1, 0.15) is 26.7 Å². The normalized spacial score (nSPS) is 11.9. The van der Waals surface area contributed by atoms with Gasteiger partial charge in [0, 0.05) is 29.8 Å². The Kier molecular flexibility index (Phi) is 6.49. The standard InChI is InChI=1S/C19H21BrClN3O5S/c1-4-8-24-17-14(20)15(22-16(17)18(25)23(3)19(24)26)12-10-11(30(21,27)28)6-7-13(12)29-9-5-2/h6-7,10,22H,4-5,8-9H2,1-3H3. The molecule has 0 radical (unpaired) electrons. The van der Waals surface area contributed by atoms with Gasteiger partial charge in [0.15, 0.2) is 0 Å². The summed E-state index contributed by atoms with van der Waals surface area (Å²) in [4.78, 5) is 28.3. The highest BCUT2D eigenvalue weighted by Gasteiger charge is 2.23. The lowest BCUT2D eigenvalue weighted by Gasteiger charge is -2.12. The van der Waals surface area contributed by atoms with Crippen molar-refractivity contribution in [3.8, 4) is 17.0 Å². The van der Waals surface area contributed by atoms with Crippen LogP contribution in [0.25, 0.3) is 22.3 Å². The van der Waals surface area contributed by atoms with E-state index in [-0.39, 0.29) is 10.4 Å². The molecule has 0 fully saturated rings. The summed E-state index contributed by atoms with van der Waals surface area (Å²) in [6, 6.07) is 4.27. The highest BCUT2D eigenvalue weighted by Crippen LogP contribution is 2.39. The Balaban J connectivity index is 2.41. The number of aromatic amines is 1. The second kappa shape index (κ2) is 8.60. The first-order chi connectivity index (χ1) is 14.1. The Bertz CT molecular complexity index is 1340. The molecule has 0 aliphatic carbocycles. The van der Waals surface area contributed by atoms with Gasteiger partial charge in [0.2, 0.25) is 0 Å².